The summed E-state index contributed by atoms with van der Waals surface area (Å²) in [5.74, 6) is 1.50. The van der Waals surface area contributed by atoms with Crippen molar-refractivity contribution in [2.75, 3.05) is 7.11 Å². The van der Waals surface area contributed by atoms with E-state index in [0.29, 0.717) is 5.76 Å². The quantitative estimate of drug-likeness (QED) is 0.732. The van der Waals surface area contributed by atoms with E-state index in [1.165, 1.54) is 7.11 Å². The summed E-state index contributed by atoms with van der Waals surface area (Å²) >= 11 is 0. The van der Waals surface area contributed by atoms with Crippen LogP contribution >= 0.6 is 0 Å². The van der Waals surface area contributed by atoms with Gasteiger partial charge in [0.15, 0.2) is 0 Å². The average Bonchev–Trinajstić information content (AvgIpc) is 2.95. The fourth-order valence-electron chi connectivity index (χ4n) is 0.590. The molecule has 0 bridgehead atoms. The van der Waals surface area contributed by atoms with Gasteiger partial charge in [-0.05, 0) is 19.1 Å². The molecule has 1 aromatic rings. The third-order valence-electron chi connectivity index (χ3n) is 0.943. The van der Waals surface area contributed by atoms with Crippen LogP contribution in [0.15, 0.2) is 16.5 Å². The summed E-state index contributed by atoms with van der Waals surface area (Å²) in [6, 6.07) is 3.67. The van der Waals surface area contributed by atoms with Gasteiger partial charge < -0.3 is 9.15 Å². The molecule has 0 amide bonds. The van der Waals surface area contributed by atoms with Gasteiger partial charge in [-0.1, -0.05) is 0 Å². The number of aryl methyl sites for hydroxylation is 1. The molecule has 0 saturated heterocycles. The van der Waals surface area contributed by atoms with Crippen LogP contribution in [0.4, 0.5) is 0 Å². The SMILES string of the molecule is CO[C]c1ccc(C)o1.[C]=O.[C]=O.[C]=O.[C]=O.[C]=O.[Cr]. The van der Waals surface area contributed by atoms with Crippen LogP contribution in [0.25, 0.3) is 0 Å². The van der Waals surface area contributed by atoms with Crippen LogP contribution in [0.1, 0.15) is 11.5 Å². The van der Waals surface area contributed by atoms with Gasteiger partial charge >= 0.3 is 0 Å². The minimum Gasteiger partial charge on any atom is -0.463 e. The summed E-state index contributed by atoms with van der Waals surface area (Å²) in [5, 5.41) is 0. The molecule has 7 nitrogen and oxygen atoms in total. The van der Waals surface area contributed by atoms with Crippen molar-refractivity contribution in [2.24, 2.45) is 0 Å². The number of carbonyl (C=O) groups excluding carboxylic acids is 5. The Morgan fingerprint density at radius 1 is 0.900 bits per heavy atom. The number of hydrogen-bond donors (Lipinski definition) is 0. The minimum atomic E-state index is 0. The molecular formula is C12H8CrO7. The number of hydrogen-bond acceptors (Lipinski definition) is 7. The summed E-state index contributed by atoms with van der Waals surface area (Å²) in [6.07, 6.45) is 0. The van der Waals surface area contributed by atoms with E-state index in [1.807, 2.05) is 13.0 Å². The van der Waals surface area contributed by atoms with Gasteiger partial charge in [0.25, 0.3) is 33.9 Å². The zero-order chi connectivity index (χ0) is 16.7. The van der Waals surface area contributed by atoms with E-state index in [-0.39, 0.29) is 17.4 Å². The Hall–Kier alpha value is -1.88. The molecule has 8 heteroatoms. The number of ether oxygens (including phenoxy) is 1. The van der Waals surface area contributed by atoms with Crippen LogP contribution in [0.2, 0.25) is 0 Å². The molecule has 0 aromatic carbocycles. The first-order valence-electron chi connectivity index (χ1n) is 3.70. The molecule has 0 aliphatic carbocycles. The first-order valence-corrected chi connectivity index (χ1v) is 3.70. The summed E-state index contributed by atoms with van der Waals surface area (Å²) in [7, 11) is 1.54. The number of methoxy groups -OCH3 is 1. The van der Waals surface area contributed by atoms with Crippen LogP contribution in [0.3, 0.4) is 0 Å². The van der Waals surface area contributed by atoms with Crippen LogP contribution < -0.4 is 0 Å². The Balaban J connectivity index is -0.0000000384. The van der Waals surface area contributed by atoms with E-state index in [2.05, 4.69) is 45.3 Å². The fraction of sp³-hybridized carbons (Fsp3) is 0.167. The van der Waals surface area contributed by atoms with Crippen LogP contribution in [-0.2, 0) is 46.1 Å². The van der Waals surface area contributed by atoms with Crippen molar-refractivity contribution in [3.05, 3.63) is 30.3 Å². The molecule has 0 fully saturated rings. The second-order valence-electron chi connectivity index (χ2n) is 1.72. The van der Waals surface area contributed by atoms with Gasteiger partial charge in [0.2, 0.25) is 6.61 Å². The Morgan fingerprint density at radius 2 is 1.25 bits per heavy atom. The molecule has 0 saturated carbocycles. The normalized spacial score (nSPS) is 5.50. The molecule has 0 aliphatic heterocycles. The molecule has 104 valence electrons. The molecule has 1 rings (SSSR count). The van der Waals surface area contributed by atoms with Crippen molar-refractivity contribution in [2.45, 2.75) is 6.92 Å². The Bertz CT molecular complexity index is 244. The van der Waals surface area contributed by atoms with E-state index >= 15 is 0 Å². The summed E-state index contributed by atoms with van der Waals surface area (Å²) < 4.78 is 9.69. The second-order valence-corrected chi connectivity index (χ2v) is 1.72. The molecular weight excluding hydrogens is 308 g/mol. The zero-order valence-electron chi connectivity index (χ0n) is 10.4. The molecule has 20 heavy (non-hydrogen) atoms. The van der Waals surface area contributed by atoms with Crippen molar-refractivity contribution in [3.8, 4) is 0 Å². The molecule has 0 spiro atoms. The fourth-order valence-corrected chi connectivity index (χ4v) is 0.590. The third-order valence-corrected chi connectivity index (χ3v) is 0.943. The molecule has 0 aliphatic rings. The van der Waals surface area contributed by atoms with E-state index in [4.69, 9.17) is 28.4 Å². The van der Waals surface area contributed by atoms with E-state index in [9.17, 15) is 0 Å². The Morgan fingerprint density at radius 3 is 1.45 bits per heavy atom. The summed E-state index contributed by atoms with van der Waals surface area (Å²) in [5.41, 5.74) is 0. The van der Waals surface area contributed by atoms with Gasteiger partial charge in [0.1, 0.15) is 11.5 Å². The third kappa shape index (κ3) is 36.0. The van der Waals surface area contributed by atoms with Crippen molar-refractivity contribution in [1.82, 2.24) is 0 Å². The maximum atomic E-state index is 7.50. The standard InChI is InChI=1S/C7H8O2.5CO.Cr/c1-6-3-4-7(9-6)5-8-2;5*1-2;/h3-4H,1-2H3;;;;;;. The molecule has 1 aromatic heterocycles. The molecule has 0 N–H and O–H groups in total. The van der Waals surface area contributed by atoms with Crippen LogP contribution in [0, 0.1) is 13.5 Å². The van der Waals surface area contributed by atoms with E-state index < -0.39 is 0 Å². The van der Waals surface area contributed by atoms with E-state index in [1.54, 1.807) is 6.07 Å². The second kappa shape index (κ2) is 53.5. The molecule has 1 heterocycles. The first kappa shape index (κ1) is 36.2. The number of furan rings is 1. The van der Waals surface area contributed by atoms with Gasteiger partial charge in [0, 0.05) is 24.5 Å². The maximum absolute atomic E-state index is 7.50. The zero-order valence-corrected chi connectivity index (χ0v) is 11.7. The largest absolute Gasteiger partial charge is 0.463 e. The van der Waals surface area contributed by atoms with Crippen molar-refractivity contribution < 1.29 is 50.5 Å². The van der Waals surface area contributed by atoms with Crippen LogP contribution in [0.5, 0.6) is 0 Å². The molecule has 0 atom stereocenters. The van der Waals surface area contributed by atoms with Crippen molar-refractivity contribution in [3.63, 3.8) is 0 Å². The summed E-state index contributed by atoms with van der Waals surface area (Å²) in [4.78, 5) is 37.5. The number of rotatable bonds is 2. The predicted octanol–water partition coefficient (Wildman–Crippen LogP) is -0.367. The summed E-state index contributed by atoms with van der Waals surface area (Å²) in [6.45, 7) is 26.9. The average molecular weight is 316 g/mol. The first-order chi connectivity index (χ1) is 9.33. The van der Waals surface area contributed by atoms with E-state index in [0.717, 1.165) is 5.76 Å². The van der Waals surface area contributed by atoms with Crippen molar-refractivity contribution >= 4 is 33.9 Å². The smallest absolute Gasteiger partial charge is 0.281 e. The van der Waals surface area contributed by atoms with Gasteiger partial charge in [-0.15, -0.1) is 0 Å². The predicted molar refractivity (Wildman–Crippen MR) is 61.3 cm³/mol. The topological polar surface area (TPSA) is 108 Å². The molecule has 0 unspecified atom stereocenters. The minimum absolute atomic E-state index is 0. The maximum Gasteiger partial charge on any atom is 0.281 e. The molecule has 12 radical (unpaired) electrons. The van der Waals surface area contributed by atoms with Crippen molar-refractivity contribution in [1.29, 1.82) is 0 Å². The Labute approximate surface area is 129 Å². The monoisotopic (exact) mass is 316 g/mol. The van der Waals surface area contributed by atoms with Gasteiger partial charge in [-0.25, -0.2) is 0 Å². The Kier molecular flexibility index (Phi) is 96.7. The van der Waals surface area contributed by atoms with Gasteiger partial charge in [-0.3, -0.25) is 24.0 Å². The van der Waals surface area contributed by atoms with Gasteiger partial charge in [0.05, 0.1) is 0 Å². The van der Waals surface area contributed by atoms with Crippen LogP contribution in [-0.4, -0.2) is 41.1 Å². The van der Waals surface area contributed by atoms with Gasteiger partial charge in [-0.2, -0.15) is 0 Å².